The maximum atomic E-state index is 3.72. The van der Waals surface area contributed by atoms with Crippen LogP contribution in [0, 0.1) is 13.8 Å². The Morgan fingerprint density at radius 1 is 0.444 bits per heavy atom. The van der Waals surface area contributed by atoms with Crippen LogP contribution in [0.4, 0.5) is 0 Å². The Morgan fingerprint density at radius 2 is 0.750 bits per heavy atom. The van der Waals surface area contributed by atoms with Gasteiger partial charge in [0.25, 0.3) is 0 Å². The fourth-order valence-electron chi connectivity index (χ4n) is 3.10. The van der Waals surface area contributed by atoms with Crippen LogP contribution < -0.4 is 0 Å². The number of halogens is 2. The molecule has 0 spiro atoms. The van der Waals surface area contributed by atoms with Gasteiger partial charge in [-0.1, -0.05) is 24.3 Å². The Hall–Kier alpha value is -2.48. The molecule has 184 valence electrons. The van der Waals surface area contributed by atoms with Crippen LogP contribution in [0.1, 0.15) is 11.1 Å². The average molecular weight is 605 g/mol. The molecule has 0 amide bonds. The fraction of sp³-hybridized carbons (Fsp3) is 0. The summed E-state index contributed by atoms with van der Waals surface area (Å²) >= 11 is 1.36. The minimum atomic E-state index is 0. The Labute approximate surface area is 245 Å². The third-order valence-electron chi connectivity index (χ3n) is 4.78. The topological polar surface area (TPSA) is 0 Å². The molecule has 0 saturated heterocycles. The molecule has 0 aliphatic heterocycles. The summed E-state index contributed by atoms with van der Waals surface area (Å²) in [7, 11) is 0. The van der Waals surface area contributed by atoms with Crippen LogP contribution in [0.25, 0.3) is 21.5 Å². The summed E-state index contributed by atoms with van der Waals surface area (Å²) in [5, 5.41) is 5.32. The van der Waals surface area contributed by atoms with Crippen molar-refractivity contribution in [2.75, 3.05) is 0 Å². The average Bonchev–Trinajstić information content (AvgIpc) is 3.57. The van der Waals surface area contributed by atoms with Crippen molar-refractivity contribution >= 4 is 53.2 Å². The van der Waals surface area contributed by atoms with Crippen molar-refractivity contribution in [1.29, 1.82) is 0 Å². The van der Waals surface area contributed by atoms with Crippen molar-refractivity contribution in [3.63, 3.8) is 0 Å². The third kappa shape index (κ3) is 13.0. The van der Waals surface area contributed by atoms with Crippen molar-refractivity contribution in [2.24, 2.45) is 0 Å². The molecule has 0 atom stereocenters. The molecule has 4 heteroatoms. The van der Waals surface area contributed by atoms with Crippen molar-refractivity contribution < 1.29 is 23.3 Å². The van der Waals surface area contributed by atoms with E-state index in [0.717, 1.165) is 11.1 Å². The van der Waals surface area contributed by atoms with Crippen LogP contribution in [-0.2, 0) is 23.3 Å². The molecular weight excluding hydrogens is 575 g/mol. The second-order valence-corrected chi connectivity index (χ2v) is 7.28. The second kappa shape index (κ2) is 20.7. The largest absolute Gasteiger partial charge is 0.168 e. The van der Waals surface area contributed by atoms with E-state index in [9.17, 15) is 0 Å². The zero-order valence-electron chi connectivity index (χ0n) is 20.1. The fourth-order valence-corrected chi connectivity index (χ4v) is 3.10. The van der Waals surface area contributed by atoms with E-state index in [1.165, 1.54) is 44.9 Å². The summed E-state index contributed by atoms with van der Waals surface area (Å²) in [5.74, 6) is 0. The predicted molar refractivity (Wildman–Crippen MR) is 161 cm³/mol. The first-order chi connectivity index (χ1) is 16.7. The maximum absolute atomic E-state index is 3.72. The second-order valence-electron chi connectivity index (χ2n) is 7.28. The number of hydrogen-bond donors (Lipinski definition) is 0. The van der Waals surface area contributed by atoms with Gasteiger partial charge in [-0.05, 0) is 0 Å². The molecule has 6 aromatic carbocycles. The van der Waals surface area contributed by atoms with Crippen molar-refractivity contribution in [3.05, 3.63) is 171 Å². The van der Waals surface area contributed by atoms with E-state index >= 15 is 0 Å². The van der Waals surface area contributed by atoms with Crippen molar-refractivity contribution in [2.45, 2.75) is 0 Å². The van der Waals surface area contributed by atoms with E-state index in [1.54, 1.807) is 0 Å². The van der Waals surface area contributed by atoms with Crippen molar-refractivity contribution in [3.8, 4) is 0 Å². The van der Waals surface area contributed by atoms with E-state index in [2.05, 4.69) is 106 Å². The first-order valence-corrected chi connectivity index (χ1v) is 15.1. The number of hydrogen-bond acceptors (Lipinski definition) is 0. The molecule has 0 saturated carbocycles. The molecule has 0 aromatic heterocycles. The zero-order valence-corrected chi connectivity index (χ0v) is 25.2. The van der Waals surface area contributed by atoms with Crippen LogP contribution in [0.15, 0.2) is 146 Å². The van der Waals surface area contributed by atoms with Gasteiger partial charge in [0.15, 0.2) is 0 Å². The van der Waals surface area contributed by atoms with Crippen LogP contribution >= 0.6 is 24.8 Å². The van der Waals surface area contributed by atoms with E-state index in [0.29, 0.717) is 0 Å². The monoisotopic (exact) mass is 602 g/mol. The quantitative estimate of drug-likeness (QED) is 0.120. The minimum Gasteiger partial charge on any atom is -0.168 e. The molecule has 6 aromatic rings. The molecule has 0 N–H and O–H groups in total. The molecule has 0 nitrogen and oxygen atoms in total. The summed E-state index contributed by atoms with van der Waals surface area (Å²) in [5.41, 5.74) is 2.14. The number of benzene rings is 4. The number of fused-ring (bicyclic) bond motifs is 2. The normalized spacial score (nSPS) is 8.53. The van der Waals surface area contributed by atoms with Gasteiger partial charge in [-0.15, -0.1) is 108 Å². The Balaban J connectivity index is 0.000000439. The van der Waals surface area contributed by atoms with Crippen molar-refractivity contribution in [1.82, 2.24) is 0 Å². The molecule has 36 heavy (non-hydrogen) atoms. The summed E-state index contributed by atoms with van der Waals surface area (Å²) in [6.45, 7) is 10.5. The maximum Gasteiger partial charge on any atom is -0.0809 e. The zero-order chi connectivity index (χ0) is 24.4. The molecule has 2 radical (unpaired) electrons. The van der Waals surface area contributed by atoms with Gasteiger partial charge in [0.1, 0.15) is 0 Å². The molecule has 0 aliphatic carbocycles. The summed E-state index contributed by atoms with van der Waals surface area (Å²) in [6.07, 6.45) is 0. The molecule has 6 rings (SSSR count). The van der Waals surface area contributed by atoms with Gasteiger partial charge in [0, 0.05) is 0 Å². The summed E-state index contributed by atoms with van der Waals surface area (Å²) in [4.78, 5) is 0. The van der Waals surface area contributed by atoms with Gasteiger partial charge in [0.05, 0.1) is 0 Å². The van der Waals surface area contributed by atoms with Gasteiger partial charge in [-0.2, -0.15) is 84.3 Å². The van der Waals surface area contributed by atoms with E-state index in [4.69, 9.17) is 0 Å². The smallest absolute Gasteiger partial charge is 0.0809 e. The van der Waals surface area contributed by atoms with Gasteiger partial charge < -0.3 is 0 Å². The van der Waals surface area contributed by atoms with Gasteiger partial charge in [-0.3, -0.25) is 0 Å². The van der Waals surface area contributed by atoms with Gasteiger partial charge >= 0.3 is 30.2 Å². The molecule has 0 aliphatic rings. The first kappa shape index (κ1) is 33.5. The predicted octanol–water partition coefficient (Wildman–Crippen LogP) is 9.32. The molecular formula is C32H30Cl2SiZr-4. The summed E-state index contributed by atoms with van der Waals surface area (Å²) in [6, 6.07) is 49.1. The first-order valence-electron chi connectivity index (χ1n) is 10.9. The summed E-state index contributed by atoms with van der Waals surface area (Å²) < 4.78 is 0. The van der Waals surface area contributed by atoms with Crippen LogP contribution in [0.3, 0.4) is 0 Å². The molecule has 0 bridgehead atoms. The molecule has 0 fully saturated rings. The van der Waals surface area contributed by atoms with Gasteiger partial charge in [-0.25, -0.2) is 0 Å². The van der Waals surface area contributed by atoms with E-state index < -0.39 is 0 Å². The van der Waals surface area contributed by atoms with Crippen LogP contribution in [0.5, 0.6) is 0 Å². The SMILES string of the molecule is Cl.Cl.[CH2-]c1ccccc1.[CH2-]c1ccccc1.[Si]=[Zr].c1ccc2[cH-]ccc2c1.c1ccc2[cH-]ccc2c1. The Morgan fingerprint density at radius 3 is 1.03 bits per heavy atom. The Bertz CT molecular complexity index is 1150. The molecule has 0 unspecified atom stereocenters. The van der Waals surface area contributed by atoms with Crippen LogP contribution in [0.2, 0.25) is 0 Å². The minimum absolute atomic E-state index is 0. The van der Waals surface area contributed by atoms with Gasteiger partial charge in [0.2, 0.25) is 0 Å². The molecule has 0 heterocycles. The number of rotatable bonds is 0. The van der Waals surface area contributed by atoms with E-state index in [-0.39, 0.29) is 24.8 Å². The van der Waals surface area contributed by atoms with Crippen LogP contribution in [-0.4, -0.2) is 6.88 Å². The van der Waals surface area contributed by atoms with E-state index in [1.807, 2.05) is 60.7 Å². The standard InChI is InChI=1S/2C9H7.2C7H7.2ClH.Si.Zr/c2*1-2-5-9-7-3-6-8(9)4-1;2*1-7-5-3-2-4-6-7;;;;/h2*1-7H;2*2-6H,1H2;2*1H;;/q4*-1;;;;. The third-order valence-corrected chi connectivity index (χ3v) is 4.78. The Kier molecular flexibility index (Phi) is 19.3.